The molecular weight excluding hydrogens is 299 g/mol. The van der Waals surface area contributed by atoms with Crippen LogP contribution in [-0.4, -0.2) is 19.0 Å². The van der Waals surface area contributed by atoms with Gasteiger partial charge in [0, 0.05) is 17.1 Å². The van der Waals surface area contributed by atoms with Crippen molar-refractivity contribution >= 4 is 22.9 Å². The lowest BCUT2D eigenvalue weighted by atomic mass is 9.99. The molecule has 2 heterocycles. The number of hydrogen-bond acceptors (Lipinski definition) is 3. The minimum absolute atomic E-state index is 0.121. The number of nitrogens with two attached hydrogens (primary N) is 1. The van der Waals surface area contributed by atoms with Crippen molar-refractivity contribution in [2.75, 3.05) is 18.0 Å². The van der Waals surface area contributed by atoms with Gasteiger partial charge in [-0.3, -0.25) is 4.79 Å². The fourth-order valence-corrected chi connectivity index (χ4v) is 4.65. The molecule has 114 valence electrons. The Balaban J connectivity index is 1.71. The molecule has 0 bridgehead atoms. The first-order valence-corrected chi connectivity index (χ1v) is 8.39. The lowest BCUT2D eigenvalue weighted by molar-refractivity contribution is -0.121. The first-order chi connectivity index (χ1) is 10.7. The molecular formula is C17H17FN2OS. The second-order valence-corrected chi connectivity index (χ2v) is 7.01. The van der Waals surface area contributed by atoms with E-state index < -0.39 is 5.41 Å². The van der Waals surface area contributed by atoms with Gasteiger partial charge in [-0.25, -0.2) is 4.39 Å². The summed E-state index contributed by atoms with van der Waals surface area (Å²) in [6, 6.07) is 8.69. The van der Waals surface area contributed by atoms with E-state index in [1.54, 1.807) is 17.4 Å². The van der Waals surface area contributed by atoms with Crippen LogP contribution in [0.1, 0.15) is 16.9 Å². The molecule has 1 aromatic carbocycles. The third-order valence-corrected chi connectivity index (χ3v) is 5.96. The third kappa shape index (κ3) is 1.85. The van der Waals surface area contributed by atoms with Crippen LogP contribution in [-0.2, 0) is 16.6 Å². The van der Waals surface area contributed by atoms with E-state index in [-0.39, 0.29) is 17.6 Å². The van der Waals surface area contributed by atoms with E-state index >= 15 is 0 Å². The van der Waals surface area contributed by atoms with Crippen LogP contribution >= 0.6 is 11.3 Å². The number of nitrogens with zero attached hydrogens (tertiary/aromatic N) is 1. The molecule has 2 aromatic rings. The van der Waals surface area contributed by atoms with Crippen molar-refractivity contribution in [3.8, 4) is 0 Å². The van der Waals surface area contributed by atoms with Gasteiger partial charge >= 0.3 is 0 Å². The lowest BCUT2D eigenvalue weighted by Gasteiger charge is -2.24. The predicted octanol–water partition coefficient (Wildman–Crippen LogP) is 2.69. The van der Waals surface area contributed by atoms with Gasteiger partial charge in [0.25, 0.3) is 0 Å². The summed E-state index contributed by atoms with van der Waals surface area (Å²) in [5.74, 6) is 0.0891. The van der Waals surface area contributed by atoms with Crippen molar-refractivity contribution in [1.82, 2.24) is 0 Å². The molecule has 22 heavy (non-hydrogen) atoms. The third-order valence-electron chi connectivity index (χ3n) is 4.91. The van der Waals surface area contributed by atoms with Crippen LogP contribution in [0.3, 0.4) is 0 Å². The van der Waals surface area contributed by atoms with E-state index in [4.69, 9.17) is 5.73 Å². The second-order valence-electron chi connectivity index (χ2n) is 6.07. The maximum absolute atomic E-state index is 13.4. The quantitative estimate of drug-likeness (QED) is 0.946. The number of halogens is 1. The fraction of sp³-hybridized carbons (Fsp3) is 0.353. The van der Waals surface area contributed by atoms with Crippen molar-refractivity contribution in [2.24, 2.45) is 11.7 Å². The summed E-state index contributed by atoms with van der Waals surface area (Å²) in [7, 11) is 0. The monoisotopic (exact) mass is 316 g/mol. The Kier molecular flexibility index (Phi) is 3.09. The Hall–Kier alpha value is -1.72. The van der Waals surface area contributed by atoms with E-state index in [0.29, 0.717) is 19.5 Å². The first-order valence-electron chi connectivity index (χ1n) is 7.51. The molecule has 2 N–H and O–H groups in total. The number of thiophene rings is 1. The van der Waals surface area contributed by atoms with E-state index in [1.165, 1.54) is 12.1 Å². The fourth-order valence-electron chi connectivity index (χ4n) is 3.64. The van der Waals surface area contributed by atoms with Crippen LogP contribution < -0.4 is 10.6 Å². The summed E-state index contributed by atoms with van der Waals surface area (Å²) >= 11 is 1.62. The Labute approximate surface area is 132 Å². The van der Waals surface area contributed by atoms with Crippen LogP contribution in [0.15, 0.2) is 35.7 Å². The zero-order chi connectivity index (χ0) is 15.3. The van der Waals surface area contributed by atoms with Crippen LogP contribution in [0.25, 0.3) is 0 Å². The molecule has 0 unspecified atom stereocenters. The minimum Gasteiger partial charge on any atom is -0.330 e. The van der Waals surface area contributed by atoms with Crippen molar-refractivity contribution in [1.29, 1.82) is 0 Å². The summed E-state index contributed by atoms with van der Waals surface area (Å²) in [5, 5.41) is 2.00. The molecule has 0 spiro atoms. The highest BCUT2D eigenvalue weighted by Crippen LogP contribution is 2.57. The molecule has 2 atom stereocenters. The van der Waals surface area contributed by atoms with Crippen LogP contribution in [0.4, 0.5) is 10.1 Å². The number of rotatable bonds is 3. The number of carbonyl (C=O) groups excluding carboxylic acids is 1. The zero-order valence-electron chi connectivity index (χ0n) is 12.1. The van der Waals surface area contributed by atoms with E-state index in [9.17, 15) is 9.18 Å². The van der Waals surface area contributed by atoms with Gasteiger partial charge in [0.05, 0.1) is 5.41 Å². The smallest absolute Gasteiger partial charge is 0.238 e. The normalized spacial score (nSPS) is 26.1. The average molecular weight is 316 g/mol. The maximum Gasteiger partial charge on any atom is 0.238 e. The molecule has 1 aliphatic carbocycles. The number of fused-ring (bicyclic) bond motifs is 1. The van der Waals surface area contributed by atoms with Gasteiger partial charge in [0.1, 0.15) is 5.82 Å². The first kappa shape index (κ1) is 13.9. The molecule has 2 aliphatic rings. The van der Waals surface area contributed by atoms with Crippen LogP contribution in [0.5, 0.6) is 0 Å². The second kappa shape index (κ2) is 4.89. The average Bonchev–Trinajstić information content (AvgIpc) is 2.90. The highest BCUT2D eigenvalue weighted by molar-refractivity contribution is 7.10. The van der Waals surface area contributed by atoms with Gasteiger partial charge in [-0.15, -0.1) is 11.3 Å². The molecule has 1 aliphatic heterocycles. The van der Waals surface area contributed by atoms with Crippen molar-refractivity contribution in [2.45, 2.75) is 18.3 Å². The molecule has 1 aromatic heterocycles. The topological polar surface area (TPSA) is 46.3 Å². The van der Waals surface area contributed by atoms with E-state index in [1.807, 2.05) is 22.4 Å². The van der Waals surface area contributed by atoms with Gasteiger partial charge < -0.3 is 10.6 Å². The summed E-state index contributed by atoms with van der Waals surface area (Å²) < 4.78 is 13.4. The Morgan fingerprint density at radius 2 is 2.32 bits per heavy atom. The number of benzene rings is 1. The molecule has 5 heteroatoms. The van der Waals surface area contributed by atoms with E-state index in [0.717, 1.165) is 22.5 Å². The van der Waals surface area contributed by atoms with Crippen LogP contribution in [0, 0.1) is 11.7 Å². The lowest BCUT2D eigenvalue weighted by Crippen LogP contribution is -2.40. The number of anilines is 1. The summed E-state index contributed by atoms with van der Waals surface area (Å²) in [6.45, 7) is 1.15. The number of hydrogen-bond donors (Lipinski definition) is 1. The molecule has 4 rings (SSSR count). The van der Waals surface area contributed by atoms with Crippen molar-refractivity contribution in [3.05, 3.63) is 52.0 Å². The van der Waals surface area contributed by atoms with Crippen molar-refractivity contribution < 1.29 is 9.18 Å². The SMILES string of the molecule is NC[C@@H]1C[C@@]1(C(=O)N1CCc2cc(F)ccc21)c1cccs1. The number of carbonyl (C=O) groups is 1. The van der Waals surface area contributed by atoms with Gasteiger partial charge in [0.15, 0.2) is 0 Å². The van der Waals surface area contributed by atoms with Gasteiger partial charge in [-0.05, 0) is 60.5 Å². The molecule has 3 nitrogen and oxygen atoms in total. The molecule has 1 amide bonds. The Morgan fingerprint density at radius 1 is 1.45 bits per heavy atom. The maximum atomic E-state index is 13.4. The van der Waals surface area contributed by atoms with Gasteiger partial charge in [-0.1, -0.05) is 6.07 Å². The minimum atomic E-state index is -0.459. The molecule has 1 saturated carbocycles. The molecule has 1 fully saturated rings. The van der Waals surface area contributed by atoms with E-state index in [2.05, 4.69) is 0 Å². The largest absolute Gasteiger partial charge is 0.330 e. The summed E-state index contributed by atoms with van der Waals surface area (Å²) in [6.07, 6.45) is 1.53. The summed E-state index contributed by atoms with van der Waals surface area (Å²) in [5.41, 5.74) is 7.16. The Bertz CT molecular complexity index is 730. The highest BCUT2D eigenvalue weighted by atomic mass is 32.1. The number of amides is 1. The summed E-state index contributed by atoms with van der Waals surface area (Å²) in [4.78, 5) is 16.2. The van der Waals surface area contributed by atoms with Gasteiger partial charge in [0.2, 0.25) is 5.91 Å². The van der Waals surface area contributed by atoms with Crippen LogP contribution in [0.2, 0.25) is 0 Å². The molecule has 0 saturated heterocycles. The highest BCUT2D eigenvalue weighted by Gasteiger charge is 2.62. The Morgan fingerprint density at radius 3 is 3.00 bits per heavy atom. The van der Waals surface area contributed by atoms with Crippen molar-refractivity contribution in [3.63, 3.8) is 0 Å². The zero-order valence-corrected chi connectivity index (χ0v) is 12.9. The molecule has 0 radical (unpaired) electrons. The standard InChI is InChI=1S/C17H17FN2OS/c18-13-3-4-14-11(8-13)5-6-20(14)16(21)17(9-12(17)10-19)15-2-1-7-22-15/h1-4,7-8,12H,5-6,9-10,19H2/t12-,17-/m0/s1. The van der Waals surface area contributed by atoms with Gasteiger partial charge in [-0.2, -0.15) is 0 Å². The predicted molar refractivity (Wildman–Crippen MR) is 85.6 cm³/mol.